The van der Waals surface area contributed by atoms with Gasteiger partial charge in [-0.3, -0.25) is 19.4 Å². The van der Waals surface area contributed by atoms with Crippen molar-refractivity contribution in [1.29, 1.82) is 0 Å². The zero-order valence-electron chi connectivity index (χ0n) is 23.2. The number of carbonyl (C=O) groups is 3. The van der Waals surface area contributed by atoms with Gasteiger partial charge in [0.25, 0.3) is 11.8 Å². The summed E-state index contributed by atoms with van der Waals surface area (Å²) in [5.41, 5.74) is 2.46. The van der Waals surface area contributed by atoms with Gasteiger partial charge in [0.1, 0.15) is 16.8 Å². The number of nitrogens with zero attached hydrogens (tertiary/aromatic N) is 2. The van der Waals surface area contributed by atoms with Crippen molar-refractivity contribution in [3.8, 4) is 0 Å². The lowest BCUT2D eigenvalue weighted by Crippen LogP contribution is -2.30. The van der Waals surface area contributed by atoms with Crippen molar-refractivity contribution in [1.82, 2.24) is 15.3 Å². The van der Waals surface area contributed by atoms with Crippen LogP contribution in [0.15, 0.2) is 138 Å². The number of aromatic nitrogens is 2. The highest BCUT2D eigenvalue weighted by Gasteiger charge is 2.23. The predicted molar refractivity (Wildman–Crippen MR) is 174 cm³/mol. The average Bonchev–Trinajstić information content (AvgIpc) is 3.06. The van der Waals surface area contributed by atoms with Crippen molar-refractivity contribution >= 4 is 58.7 Å². The Morgan fingerprint density at radius 2 is 1.50 bits per heavy atom. The molecule has 0 radical (unpaired) electrons. The lowest BCUT2D eigenvalue weighted by Gasteiger charge is -2.17. The van der Waals surface area contributed by atoms with Gasteiger partial charge in [-0.25, -0.2) is 4.98 Å². The summed E-state index contributed by atoms with van der Waals surface area (Å²) in [6.07, 6.45) is 6.25. The molecular formula is C34H26ClN5O3S. The number of rotatable bonds is 10. The van der Waals surface area contributed by atoms with Crippen LogP contribution in [0.1, 0.15) is 26.7 Å². The van der Waals surface area contributed by atoms with Gasteiger partial charge in [0, 0.05) is 34.7 Å². The van der Waals surface area contributed by atoms with Crippen molar-refractivity contribution < 1.29 is 14.4 Å². The van der Waals surface area contributed by atoms with Gasteiger partial charge < -0.3 is 16.0 Å². The fourth-order valence-corrected chi connectivity index (χ4v) is 5.20. The summed E-state index contributed by atoms with van der Waals surface area (Å²) in [6, 6.07) is 32.0. The Bertz CT molecular complexity index is 1750. The number of halogens is 1. The molecule has 1 unspecified atom stereocenters. The third-order valence-electron chi connectivity index (χ3n) is 6.21. The molecule has 0 spiro atoms. The summed E-state index contributed by atoms with van der Waals surface area (Å²) in [5, 5.41) is 8.31. The molecule has 0 aliphatic rings. The van der Waals surface area contributed by atoms with E-state index in [1.54, 1.807) is 79.1 Å². The molecule has 2 aromatic heterocycles. The van der Waals surface area contributed by atoms with Gasteiger partial charge in [-0.2, -0.15) is 0 Å². The van der Waals surface area contributed by atoms with Crippen LogP contribution in [0.25, 0.3) is 6.08 Å². The van der Waals surface area contributed by atoms with Crippen molar-refractivity contribution in [2.75, 3.05) is 10.6 Å². The fourth-order valence-electron chi connectivity index (χ4n) is 4.06. The number of nitrogens with one attached hydrogen (secondary N) is 3. The van der Waals surface area contributed by atoms with E-state index in [4.69, 9.17) is 11.6 Å². The summed E-state index contributed by atoms with van der Waals surface area (Å²) in [6.45, 7) is 0. The van der Waals surface area contributed by atoms with Gasteiger partial charge in [-0.15, -0.1) is 11.8 Å². The summed E-state index contributed by atoms with van der Waals surface area (Å²) < 4.78 is 0. The maximum atomic E-state index is 13.3. The second kappa shape index (κ2) is 14.8. The molecule has 0 aliphatic carbocycles. The van der Waals surface area contributed by atoms with Gasteiger partial charge in [-0.1, -0.05) is 66.2 Å². The van der Waals surface area contributed by atoms with Crippen LogP contribution in [0.3, 0.4) is 0 Å². The van der Waals surface area contributed by atoms with E-state index in [-0.39, 0.29) is 11.6 Å². The quantitative estimate of drug-likeness (QED) is 0.114. The zero-order chi connectivity index (χ0) is 30.7. The zero-order valence-corrected chi connectivity index (χ0v) is 24.8. The van der Waals surface area contributed by atoms with Crippen molar-refractivity contribution in [2.45, 2.75) is 10.1 Å². The Hall–Kier alpha value is -5.25. The van der Waals surface area contributed by atoms with E-state index < -0.39 is 17.1 Å². The van der Waals surface area contributed by atoms with Crippen LogP contribution < -0.4 is 16.0 Å². The molecule has 10 heteroatoms. The van der Waals surface area contributed by atoms with Crippen LogP contribution in [-0.4, -0.2) is 27.7 Å². The van der Waals surface area contributed by atoms with E-state index in [1.807, 2.05) is 48.5 Å². The van der Waals surface area contributed by atoms with E-state index in [1.165, 1.54) is 18.0 Å². The molecule has 2 heterocycles. The van der Waals surface area contributed by atoms with Crippen LogP contribution in [0, 0.1) is 0 Å². The Morgan fingerprint density at radius 1 is 0.773 bits per heavy atom. The van der Waals surface area contributed by atoms with E-state index in [0.717, 1.165) is 10.5 Å². The van der Waals surface area contributed by atoms with Crippen LogP contribution in [0.2, 0.25) is 5.02 Å². The molecular weight excluding hydrogens is 594 g/mol. The number of hydrogen-bond donors (Lipinski definition) is 3. The molecule has 218 valence electrons. The Kier molecular flexibility index (Phi) is 10.1. The molecule has 0 saturated carbocycles. The molecule has 44 heavy (non-hydrogen) atoms. The van der Waals surface area contributed by atoms with Crippen LogP contribution >= 0.6 is 23.4 Å². The summed E-state index contributed by atoms with van der Waals surface area (Å²) in [4.78, 5) is 48.6. The third-order valence-corrected chi connectivity index (χ3v) is 7.70. The van der Waals surface area contributed by atoms with Gasteiger partial charge >= 0.3 is 0 Å². The highest BCUT2D eigenvalue weighted by atomic mass is 35.5. The molecule has 0 aliphatic heterocycles. The Balaban J connectivity index is 1.31. The molecule has 0 bridgehead atoms. The number of anilines is 2. The second-order valence-corrected chi connectivity index (χ2v) is 11.0. The first kappa shape index (κ1) is 30.2. The highest BCUT2D eigenvalue weighted by Crippen LogP contribution is 2.36. The lowest BCUT2D eigenvalue weighted by molar-refractivity contribution is -0.116. The highest BCUT2D eigenvalue weighted by molar-refractivity contribution is 8.00. The largest absolute Gasteiger partial charge is 0.321 e. The topological polar surface area (TPSA) is 113 Å². The summed E-state index contributed by atoms with van der Waals surface area (Å²) >= 11 is 7.29. The molecule has 0 fully saturated rings. The number of hydrogen-bond acceptors (Lipinski definition) is 6. The fraction of sp³-hybridized carbons (Fsp3) is 0.0294. The molecule has 0 saturated heterocycles. The molecule has 5 aromatic rings. The molecule has 3 amide bonds. The van der Waals surface area contributed by atoms with Crippen molar-refractivity contribution in [3.63, 3.8) is 0 Å². The van der Waals surface area contributed by atoms with Crippen LogP contribution in [-0.2, 0) is 9.59 Å². The second-order valence-electron chi connectivity index (χ2n) is 9.40. The van der Waals surface area contributed by atoms with Crippen LogP contribution in [0.4, 0.5) is 11.5 Å². The van der Waals surface area contributed by atoms with Gasteiger partial charge in [0.05, 0.1) is 5.02 Å². The van der Waals surface area contributed by atoms with Crippen LogP contribution in [0.5, 0.6) is 0 Å². The summed E-state index contributed by atoms with van der Waals surface area (Å²) in [7, 11) is 0. The monoisotopic (exact) mass is 619 g/mol. The van der Waals surface area contributed by atoms with Gasteiger partial charge in [-0.05, 0) is 71.8 Å². The summed E-state index contributed by atoms with van der Waals surface area (Å²) in [5.74, 6) is -0.765. The average molecular weight is 620 g/mol. The maximum Gasteiger partial charge on any atom is 0.272 e. The van der Waals surface area contributed by atoms with E-state index in [9.17, 15) is 14.4 Å². The Morgan fingerprint density at radius 3 is 2.16 bits per heavy atom. The van der Waals surface area contributed by atoms with E-state index >= 15 is 0 Å². The van der Waals surface area contributed by atoms with Gasteiger partial charge in [0.2, 0.25) is 5.91 Å². The number of amides is 3. The normalized spacial score (nSPS) is 11.7. The number of carbonyl (C=O) groups excluding carboxylic acids is 3. The standard InChI is InChI=1S/C34H26ClN5O3S/c35-26-13-18-30(37-22-26)40-34(43)31(24-9-3-1-4-10-24)44-28-16-14-27(15-17-28)38-33(42)29(20-23-8-7-19-36-21-23)39-32(41)25-11-5-2-6-12-25/h1-22,31H,(H,38,42)(H,39,41)(H,37,40,43)/b29-20-. The van der Waals surface area contributed by atoms with Crippen molar-refractivity contribution in [2.24, 2.45) is 0 Å². The lowest BCUT2D eigenvalue weighted by atomic mass is 10.1. The first-order valence-corrected chi connectivity index (χ1v) is 14.7. The third kappa shape index (κ3) is 8.41. The molecule has 1 atom stereocenters. The minimum Gasteiger partial charge on any atom is -0.321 e. The van der Waals surface area contributed by atoms with E-state index in [0.29, 0.717) is 27.7 Å². The number of thioether (sulfide) groups is 1. The minimum atomic E-state index is -0.573. The minimum absolute atomic E-state index is 0.0573. The van der Waals surface area contributed by atoms with E-state index in [2.05, 4.69) is 25.9 Å². The first-order chi connectivity index (χ1) is 21.4. The van der Waals surface area contributed by atoms with Crippen molar-refractivity contribution in [3.05, 3.63) is 155 Å². The van der Waals surface area contributed by atoms with Gasteiger partial charge in [0.15, 0.2) is 0 Å². The molecule has 5 rings (SSSR count). The predicted octanol–water partition coefficient (Wildman–Crippen LogP) is 7.01. The SMILES string of the molecule is O=C(Nc1ccc(SC(C(=O)Nc2ccc(Cl)cn2)c2ccccc2)cc1)/C(=C/c1cccnc1)NC(=O)c1ccccc1. The first-order valence-electron chi connectivity index (χ1n) is 13.5. The Labute approximate surface area is 263 Å². The molecule has 8 nitrogen and oxygen atoms in total. The smallest absolute Gasteiger partial charge is 0.272 e. The number of pyridine rings is 2. The number of benzene rings is 3. The molecule has 3 N–H and O–H groups in total. The maximum absolute atomic E-state index is 13.3. The molecule has 3 aromatic carbocycles.